The topological polar surface area (TPSA) is 84.7 Å². The monoisotopic (exact) mass is 473 g/mol. The highest BCUT2D eigenvalue weighted by molar-refractivity contribution is 6.07. The molecule has 6 rings (SSSR count). The van der Waals surface area contributed by atoms with E-state index in [0.717, 1.165) is 24.0 Å². The summed E-state index contributed by atoms with van der Waals surface area (Å²) in [5.41, 5.74) is 1.46. The van der Waals surface area contributed by atoms with Gasteiger partial charge in [0.05, 0.1) is 5.92 Å². The number of nitrogens with zero attached hydrogens (tertiary/aromatic N) is 2. The van der Waals surface area contributed by atoms with Crippen molar-refractivity contribution in [3.05, 3.63) is 105 Å². The average Bonchev–Trinajstić information content (AvgIpc) is 3.52. The lowest BCUT2D eigenvalue weighted by Crippen LogP contribution is -2.55. The maximum absolute atomic E-state index is 13.6. The Bertz CT molecular complexity index is 1310. The highest BCUT2D eigenvalue weighted by Crippen LogP contribution is 2.58. The van der Waals surface area contributed by atoms with E-state index in [-0.39, 0.29) is 29.3 Å². The molecule has 0 radical (unpaired) electrons. The van der Waals surface area contributed by atoms with Crippen molar-refractivity contribution < 1.29 is 18.8 Å². The number of ether oxygens (including phenoxy) is 1. The van der Waals surface area contributed by atoms with Crippen LogP contribution in [0.25, 0.3) is 0 Å². The summed E-state index contributed by atoms with van der Waals surface area (Å²) in [4.78, 5) is 28.2. The lowest BCUT2D eigenvalue weighted by Gasteiger charge is -2.32. The third-order valence-corrected chi connectivity index (χ3v) is 7.68. The van der Waals surface area contributed by atoms with E-state index in [1.807, 2.05) is 42.5 Å². The van der Waals surface area contributed by atoms with Crippen LogP contribution in [0.15, 0.2) is 72.8 Å². The van der Waals surface area contributed by atoms with Crippen LogP contribution in [0, 0.1) is 15.9 Å². The maximum atomic E-state index is 13.6. The molecule has 178 valence electrons. The quantitative estimate of drug-likeness (QED) is 0.437. The van der Waals surface area contributed by atoms with Crippen molar-refractivity contribution in [2.45, 2.75) is 43.0 Å². The summed E-state index contributed by atoms with van der Waals surface area (Å²) in [5, 5.41) is 15.7. The number of carbonyl (C=O) groups excluding carboxylic acids is 1. The minimum absolute atomic E-state index is 0.169. The molecule has 35 heavy (non-hydrogen) atoms. The Labute approximate surface area is 201 Å². The van der Waals surface area contributed by atoms with Crippen LogP contribution in [0.1, 0.15) is 35.4 Å². The number of nitrogens with one attached hydrogen (secondary N) is 1. The first-order valence-corrected chi connectivity index (χ1v) is 11.8. The minimum atomic E-state index is -1.37. The third-order valence-electron chi connectivity index (χ3n) is 7.68. The smallest absolute Gasteiger partial charge is 0.256 e. The Morgan fingerprint density at radius 1 is 1.09 bits per heavy atom. The zero-order chi connectivity index (χ0) is 24.2. The molecule has 1 amide bonds. The number of rotatable bonds is 5. The molecule has 7 nitrogen and oxygen atoms in total. The summed E-state index contributed by atoms with van der Waals surface area (Å²) in [7, 11) is 0. The number of hydrogen-bond acceptors (Lipinski definition) is 5. The Morgan fingerprint density at radius 3 is 2.63 bits per heavy atom. The second-order valence-electron chi connectivity index (χ2n) is 9.38. The molecule has 3 aromatic rings. The van der Waals surface area contributed by atoms with E-state index in [0.29, 0.717) is 23.5 Å². The van der Waals surface area contributed by atoms with Crippen LogP contribution in [0.4, 0.5) is 10.1 Å². The number of halogens is 1. The summed E-state index contributed by atoms with van der Waals surface area (Å²) >= 11 is 0. The molecular weight excluding hydrogens is 449 g/mol. The van der Waals surface area contributed by atoms with Crippen LogP contribution in [0.5, 0.6) is 5.75 Å². The Hall–Kier alpha value is -3.78. The molecule has 3 aliphatic rings. The number of anilines is 1. The van der Waals surface area contributed by atoms with Gasteiger partial charge in [0.2, 0.25) is 0 Å². The summed E-state index contributed by atoms with van der Waals surface area (Å²) in [5.74, 6) is -0.645. The summed E-state index contributed by atoms with van der Waals surface area (Å²) in [6.07, 6.45) is 1.62. The number of para-hydroxylation sites is 2. The Balaban J connectivity index is 1.45. The SMILES string of the molecule is O=C1Nc2ccccc2[C@]12[C@H]([N+](=O)[O-])[C@@H](c1ccccc1OCc1ccc(F)cc1)[C@@H]1CCCN12. The van der Waals surface area contributed by atoms with E-state index in [2.05, 4.69) is 10.2 Å². The van der Waals surface area contributed by atoms with Gasteiger partial charge in [-0.1, -0.05) is 48.5 Å². The molecule has 3 heterocycles. The van der Waals surface area contributed by atoms with Crippen molar-refractivity contribution in [2.75, 3.05) is 11.9 Å². The molecule has 0 unspecified atom stereocenters. The Morgan fingerprint density at radius 2 is 1.83 bits per heavy atom. The molecule has 0 saturated carbocycles. The number of fused-ring (bicyclic) bond motifs is 4. The van der Waals surface area contributed by atoms with E-state index in [1.165, 1.54) is 12.1 Å². The highest BCUT2D eigenvalue weighted by atomic mass is 19.1. The lowest BCUT2D eigenvalue weighted by atomic mass is 9.77. The van der Waals surface area contributed by atoms with E-state index >= 15 is 0 Å². The largest absolute Gasteiger partial charge is 0.489 e. The van der Waals surface area contributed by atoms with Crippen molar-refractivity contribution in [1.29, 1.82) is 0 Å². The van der Waals surface area contributed by atoms with Crippen LogP contribution in [-0.4, -0.2) is 34.4 Å². The molecule has 0 bridgehead atoms. The van der Waals surface area contributed by atoms with Crippen molar-refractivity contribution >= 4 is 11.6 Å². The number of hydrogen-bond donors (Lipinski definition) is 1. The molecule has 0 aliphatic carbocycles. The molecule has 8 heteroatoms. The van der Waals surface area contributed by atoms with Gasteiger partial charge in [-0.2, -0.15) is 0 Å². The highest BCUT2D eigenvalue weighted by Gasteiger charge is 2.73. The first kappa shape index (κ1) is 21.7. The first-order chi connectivity index (χ1) is 17.0. The number of nitro groups is 1. The molecule has 2 fully saturated rings. The van der Waals surface area contributed by atoms with Crippen molar-refractivity contribution in [2.24, 2.45) is 0 Å². The Kier molecular flexibility index (Phi) is 5.07. The van der Waals surface area contributed by atoms with Crippen LogP contribution in [0.2, 0.25) is 0 Å². The van der Waals surface area contributed by atoms with E-state index in [1.54, 1.807) is 18.2 Å². The predicted molar refractivity (Wildman–Crippen MR) is 127 cm³/mol. The zero-order valence-corrected chi connectivity index (χ0v) is 18.9. The summed E-state index contributed by atoms with van der Waals surface area (Å²) in [6.45, 7) is 0.821. The molecular formula is C27H24FN3O4. The predicted octanol–water partition coefficient (Wildman–Crippen LogP) is 4.46. The third kappa shape index (κ3) is 3.16. The fourth-order valence-corrected chi connectivity index (χ4v) is 6.38. The van der Waals surface area contributed by atoms with Crippen molar-refractivity contribution in [3.8, 4) is 5.75 Å². The van der Waals surface area contributed by atoms with Gasteiger partial charge in [-0.05, 0) is 42.7 Å². The second-order valence-corrected chi connectivity index (χ2v) is 9.38. The maximum Gasteiger partial charge on any atom is 0.256 e. The van der Waals surface area contributed by atoms with E-state index in [4.69, 9.17) is 4.74 Å². The van der Waals surface area contributed by atoms with Crippen LogP contribution < -0.4 is 10.1 Å². The van der Waals surface area contributed by atoms with Crippen LogP contribution in [0.3, 0.4) is 0 Å². The second kappa shape index (κ2) is 8.16. The molecule has 4 atom stereocenters. The summed E-state index contributed by atoms with van der Waals surface area (Å²) in [6, 6.07) is 19.4. The molecule has 3 aromatic carbocycles. The molecule has 1 N–H and O–H groups in total. The first-order valence-electron chi connectivity index (χ1n) is 11.8. The van der Waals surface area contributed by atoms with Gasteiger partial charge in [0.25, 0.3) is 11.9 Å². The molecule has 1 spiro atoms. The number of amides is 1. The number of carbonyl (C=O) groups is 1. The van der Waals surface area contributed by atoms with Crippen LogP contribution >= 0.6 is 0 Å². The average molecular weight is 474 g/mol. The summed E-state index contributed by atoms with van der Waals surface area (Å²) < 4.78 is 19.4. The van der Waals surface area contributed by atoms with E-state index in [9.17, 15) is 19.3 Å². The van der Waals surface area contributed by atoms with Gasteiger partial charge in [-0.15, -0.1) is 0 Å². The van der Waals surface area contributed by atoms with Gasteiger partial charge in [0.1, 0.15) is 18.2 Å². The molecule has 0 aromatic heterocycles. The van der Waals surface area contributed by atoms with Gasteiger partial charge in [0, 0.05) is 34.3 Å². The van der Waals surface area contributed by atoms with Gasteiger partial charge in [-0.25, -0.2) is 4.39 Å². The van der Waals surface area contributed by atoms with Gasteiger partial charge in [-0.3, -0.25) is 19.8 Å². The van der Waals surface area contributed by atoms with Gasteiger partial charge >= 0.3 is 0 Å². The van der Waals surface area contributed by atoms with Crippen molar-refractivity contribution in [3.63, 3.8) is 0 Å². The van der Waals surface area contributed by atoms with Crippen molar-refractivity contribution in [1.82, 2.24) is 4.90 Å². The normalized spacial score (nSPS) is 27.0. The minimum Gasteiger partial charge on any atom is -0.489 e. The fraction of sp³-hybridized carbons (Fsp3) is 0.296. The van der Waals surface area contributed by atoms with Gasteiger partial charge < -0.3 is 10.1 Å². The fourth-order valence-electron chi connectivity index (χ4n) is 6.38. The van der Waals surface area contributed by atoms with E-state index < -0.39 is 17.5 Å². The van der Waals surface area contributed by atoms with Crippen LogP contribution in [-0.2, 0) is 16.9 Å². The zero-order valence-electron chi connectivity index (χ0n) is 18.9. The molecule has 2 saturated heterocycles. The number of benzene rings is 3. The standard InChI is InChI=1S/C27H24FN3O4/c28-18-13-11-17(12-14-18)16-35-23-10-4-1-6-19(23)24-22-9-5-15-30(22)27(25(24)31(33)34)20-7-2-3-8-21(20)29-26(27)32/h1-4,6-8,10-14,22,24-25H,5,9,15-16H2,(H,29,32)/t22-,24-,25+,27-/m0/s1. The van der Waals surface area contributed by atoms with Gasteiger partial charge in [0.15, 0.2) is 5.54 Å². The lowest BCUT2D eigenvalue weighted by molar-refractivity contribution is -0.534. The molecule has 3 aliphatic heterocycles.